The molecule has 1 aromatic heterocycles. The molecule has 1 heterocycles. The minimum Gasteiger partial charge on any atom is -0.338 e. The van der Waals surface area contributed by atoms with Crippen LogP contribution in [0.2, 0.25) is 0 Å². The topological polar surface area (TPSA) is 38.1 Å². The highest BCUT2D eigenvalue weighted by atomic mass is 32.2. The van der Waals surface area contributed by atoms with E-state index in [1.54, 1.807) is 28.8 Å². The zero-order valence-corrected chi connectivity index (χ0v) is 17.3. The van der Waals surface area contributed by atoms with E-state index < -0.39 is 0 Å². The van der Waals surface area contributed by atoms with Gasteiger partial charge in [-0.15, -0.1) is 5.10 Å². The zero-order chi connectivity index (χ0) is 19.4. The molecule has 1 amide bonds. The van der Waals surface area contributed by atoms with Gasteiger partial charge in [0, 0.05) is 7.05 Å². The molecule has 8 heteroatoms. The van der Waals surface area contributed by atoms with Crippen LogP contribution in [0.4, 0.5) is 4.39 Å². The summed E-state index contributed by atoms with van der Waals surface area (Å²) in [4.78, 5) is 14.2. The van der Waals surface area contributed by atoms with Crippen molar-refractivity contribution >= 4 is 41.2 Å². The third-order valence-electron chi connectivity index (χ3n) is 4.18. The summed E-state index contributed by atoms with van der Waals surface area (Å²) in [6.45, 7) is 1.92. The van der Waals surface area contributed by atoms with Gasteiger partial charge in [-0.3, -0.25) is 4.79 Å². The third-order valence-corrected chi connectivity index (χ3v) is 6.53. The predicted octanol–water partition coefficient (Wildman–Crippen LogP) is 5.11. The summed E-state index contributed by atoms with van der Waals surface area (Å²) >= 11 is 8.14. The fourth-order valence-corrected chi connectivity index (χ4v) is 4.74. The van der Waals surface area contributed by atoms with Crippen LogP contribution in [0.5, 0.6) is 0 Å². The Hall–Kier alpha value is -2.03. The highest BCUT2D eigenvalue weighted by Gasteiger charge is 2.18. The molecular formula is C19H18FN3OS3. The normalized spacial score (nSPS) is 12.0. The second kappa shape index (κ2) is 8.77. The van der Waals surface area contributed by atoms with E-state index in [2.05, 4.69) is 5.10 Å². The van der Waals surface area contributed by atoms with Gasteiger partial charge in [0.25, 0.3) is 0 Å². The van der Waals surface area contributed by atoms with E-state index in [1.807, 2.05) is 37.3 Å². The van der Waals surface area contributed by atoms with E-state index in [1.165, 1.54) is 35.2 Å². The first-order valence-corrected chi connectivity index (χ1v) is 10.5. The summed E-state index contributed by atoms with van der Waals surface area (Å²) in [6, 6.07) is 15.7. The molecule has 3 aromatic rings. The summed E-state index contributed by atoms with van der Waals surface area (Å²) in [6.07, 6.45) is 0. The first-order chi connectivity index (χ1) is 13.0. The Kier molecular flexibility index (Phi) is 6.41. The molecular weight excluding hydrogens is 401 g/mol. The van der Waals surface area contributed by atoms with Crippen molar-refractivity contribution in [1.29, 1.82) is 0 Å². The molecule has 1 unspecified atom stereocenters. The molecule has 1 atom stereocenters. The van der Waals surface area contributed by atoms with Gasteiger partial charge in [-0.1, -0.05) is 53.4 Å². The van der Waals surface area contributed by atoms with Crippen molar-refractivity contribution in [3.8, 4) is 5.69 Å². The van der Waals surface area contributed by atoms with E-state index in [-0.39, 0.29) is 23.5 Å². The van der Waals surface area contributed by atoms with Crippen LogP contribution in [0, 0.1) is 9.77 Å². The second-order valence-electron chi connectivity index (χ2n) is 5.90. The fraction of sp³-hybridized carbons (Fsp3) is 0.211. The summed E-state index contributed by atoms with van der Waals surface area (Å²) in [5, 5.41) is 4.51. The van der Waals surface area contributed by atoms with Crippen LogP contribution < -0.4 is 0 Å². The molecule has 0 saturated heterocycles. The van der Waals surface area contributed by atoms with Crippen molar-refractivity contribution in [2.75, 3.05) is 12.8 Å². The number of amides is 1. The van der Waals surface area contributed by atoms with Gasteiger partial charge in [-0.2, -0.15) is 0 Å². The fourth-order valence-electron chi connectivity index (χ4n) is 2.46. The molecule has 140 valence electrons. The van der Waals surface area contributed by atoms with Crippen molar-refractivity contribution in [3.63, 3.8) is 0 Å². The molecule has 3 rings (SSSR count). The number of nitrogens with zero attached hydrogens (tertiary/aromatic N) is 3. The van der Waals surface area contributed by atoms with Crippen molar-refractivity contribution in [2.24, 2.45) is 0 Å². The standard InChI is InChI=1S/C19H18FN3OS3/c1-13(14-8-10-15(20)11-9-14)22(2)17(24)12-26-18-21-23(19(25)27-18)16-6-4-3-5-7-16/h3-11,13H,12H2,1-2H3. The first kappa shape index (κ1) is 19.7. The monoisotopic (exact) mass is 419 g/mol. The SMILES string of the molecule is CC(c1ccc(F)cc1)N(C)C(=O)CSc1nn(-c2ccccc2)c(=S)s1. The van der Waals surface area contributed by atoms with E-state index in [9.17, 15) is 9.18 Å². The van der Waals surface area contributed by atoms with Crippen LogP contribution >= 0.6 is 35.3 Å². The van der Waals surface area contributed by atoms with E-state index in [4.69, 9.17) is 12.2 Å². The van der Waals surface area contributed by atoms with Crippen molar-refractivity contribution in [3.05, 3.63) is 69.9 Å². The Balaban J connectivity index is 1.63. The predicted molar refractivity (Wildman–Crippen MR) is 111 cm³/mol. The quantitative estimate of drug-likeness (QED) is 0.411. The van der Waals surface area contributed by atoms with Crippen LogP contribution in [-0.4, -0.2) is 33.4 Å². The average molecular weight is 420 g/mol. The van der Waals surface area contributed by atoms with Gasteiger partial charge >= 0.3 is 0 Å². The lowest BCUT2D eigenvalue weighted by Gasteiger charge is -2.25. The summed E-state index contributed by atoms with van der Waals surface area (Å²) < 4.78 is 16.2. The Morgan fingerprint density at radius 2 is 1.93 bits per heavy atom. The highest BCUT2D eigenvalue weighted by Crippen LogP contribution is 2.26. The van der Waals surface area contributed by atoms with Crippen LogP contribution in [0.3, 0.4) is 0 Å². The molecule has 0 aliphatic carbocycles. The van der Waals surface area contributed by atoms with Gasteiger partial charge in [0.2, 0.25) is 5.91 Å². The number of rotatable bonds is 6. The summed E-state index contributed by atoms with van der Waals surface area (Å²) in [5.41, 5.74) is 1.79. The summed E-state index contributed by atoms with van der Waals surface area (Å²) in [7, 11) is 1.75. The molecule has 0 radical (unpaired) electrons. The molecule has 0 spiro atoms. The molecule has 0 bridgehead atoms. The maximum absolute atomic E-state index is 13.1. The van der Waals surface area contributed by atoms with Gasteiger partial charge in [-0.05, 0) is 49.0 Å². The molecule has 0 aliphatic rings. The molecule has 27 heavy (non-hydrogen) atoms. The minimum absolute atomic E-state index is 0.0239. The molecule has 0 fully saturated rings. The first-order valence-electron chi connectivity index (χ1n) is 8.25. The third kappa shape index (κ3) is 4.82. The lowest BCUT2D eigenvalue weighted by molar-refractivity contribution is -0.128. The van der Waals surface area contributed by atoms with Crippen LogP contribution in [-0.2, 0) is 4.79 Å². The number of thioether (sulfide) groups is 1. The number of halogens is 1. The molecule has 2 aromatic carbocycles. The van der Waals surface area contributed by atoms with Gasteiger partial charge in [-0.25, -0.2) is 9.07 Å². The molecule has 0 N–H and O–H groups in total. The molecule has 0 aliphatic heterocycles. The number of benzene rings is 2. The van der Waals surface area contributed by atoms with E-state index in [0.717, 1.165) is 15.6 Å². The number of carbonyl (C=O) groups is 1. The number of hydrogen-bond acceptors (Lipinski definition) is 5. The Morgan fingerprint density at radius 1 is 1.26 bits per heavy atom. The average Bonchev–Trinajstić information content (AvgIpc) is 3.07. The molecule has 0 saturated carbocycles. The van der Waals surface area contributed by atoms with Crippen LogP contribution in [0.25, 0.3) is 5.69 Å². The number of carbonyl (C=O) groups excluding carboxylic acids is 1. The second-order valence-corrected chi connectivity index (χ2v) is 8.75. The van der Waals surface area contributed by atoms with Crippen molar-refractivity contribution < 1.29 is 9.18 Å². The Morgan fingerprint density at radius 3 is 2.59 bits per heavy atom. The van der Waals surface area contributed by atoms with Crippen molar-refractivity contribution in [1.82, 2.24) is 14.7 Å². The van der Waals surface area contributed by atoms with Gasteiger partial charge < -0.3 is 4.90 Å². The largest absolute Gasteiger partial charge is 0.338 e. The van der Waals surface area contributed by atoms with Crippen LogP contribution in [0.15, 0.2) is 58.9 Å². The minimum atomic E-state index is -0.286. The van der Waals surface area contributed by atoms with Crippen LogP contribution in [0.1, 0.15) is 18.5 Å². The number of aromatic nitrogens is 2. The molecule has 4 nitrogen and oxygen atoms in total. The van der Waals surface area contributed by atoms with E-state index in [0.29, 0.717) is 3.95 Å². The smallest absolute Gasteiger partial charge is 0.233 e. The number of para-hydroxylation sites is 1. The highest BCUT2D eigenvalue weighted by molar-refractivity contribution is 8.01. The summed E-state index contributed by atoms with van der Waals surface area (Å²) in [5.74, 6) is -0.0473. The lowest BCUT2D eigenvalue weighted by atomic mass is 10.1. The Labute approximate surface area is 170 Å². The Bertz CT molecular complexity index is 970. The maximum atomic E-state index is 13.1. The van der Waals surface area contributed by atoms with Gasteiger partial charge in [0.1, 0.15) is 5.82 Å². The maximum Gasteiger partial charge on any atom is 0.233 e. The number of hydrogen-bond donors (Lipinski definition) is 0. The van der Waals surface area contributed by atoms with Gasteiger partial charge in [0.15, 0.2) is 8.29 Å². The zero-order valence-electron chi connectivity index (χ0n) is 14.8. The van der Waals surface area contributed by atoms with Crippen molar-refractivity contribution in [2.45, 2.75) is 17.3 Å². The lowest BCUT2D eigenvalue weighted by Crippen LogP contribution is -2.31. The van der Waals surface area contributed by atoms with E-state index >= 15 is 0 Å². The van der Waals surface area contributed by atoms with Gasteiger partial charge in [0.05, 0.1) is 17.5 Å².